The largest absolute Gasteiger partial charge is 0.490 e. The van der Waals surface area contributed by atoms with E-state index in [1.165, 1.54) is 4.90 Å². The van der Waals surface area contributed by atoms with Gasteiger partial charge in [-0.15, -0.1) is 0 Å². The number of hydrogen-bond donors (Lipinski definition) is 0. The van der Waals surface area contributed by atoms with Gasteiger partial charge in [0.25, 0.3) is 11.1 Å². The lowest BCUT2D eigenvalue weighted by atomic mass is 10.1. The minimum absolute atomic E-state index is 0.251. The highest BCUT2D eigenvalue weighted by molar-refractivity contribution is 9.10. The third-order valence-electron chi connectivity index (χ3n) is 4.25. The first-order valence-corrected chi connectivity index (χ1v) is 11.5. The summed E-state index contributed by atoms with van der Waals surface area (Å²) in [5.74, 6) is 0.648. The molecule has 2 amide bonds. The van der Waals surface area contributed by atoms with Gasteiger partial charge in [0.1, 0.15) is 6.61 Å². The fourth-order valence-corrected chi connectivity index (χ4v) is 4.28. The molecule has 158 valence electrons. The lowest BCUT2D eigenvalue weighted by Gasteiger charge is -2.15. The molecular weight excluding hydrogens is 490 g/mol. The van der Waals surface area contributed by atoms with Gasteiger partial charge in [-0.2, -0.15) is 0 Å². The molecule has 2 aromatic carbocycles. The van der Waals surface area contributed by atoms with E-state index in [-0.39, 0.29) is 11.1 Å². The molecule has 5 nitrogen and oxygen atoms in total. The van der Waals surface area contributed by atoms with Crippen LogP contribution in [0.25, 0.3) is 6.08 Å². The fraction of sp³-hybridized carbons (Fsp3) is 0.273. The number of benzene rings is 2. The molecule has 1 heterocycles. The first kappa shape index (κ1) is 22.7. The molecule has 30 heavy (non-hydrogen) atoms. The molecule has 1 saturated heterocycles. The summed E-state index contributed by atoms with van der Waals surface area (Å²) in [6.45, 7) is 4.98. The summed E-state index contributed by atoms with van der Waals surface area (Å²) in [6, 6.07) is 11.3. The predicted molar refractivity (Wildman–Crippen MR) is 124 cm³/mol. The van der Waals surface area contributed by atoms with Crippen LogP contribution in [0.5, 0.6) is 11.5 Å². The Balaban J connectivity index is 1.85. The van der Waals surface area contributed by atoms with Crippen LogP contribution < -0.4 is 9.47 Å². The van der Waals surface area contributed by atoms with Gasteiger partial charge in [-0.3, -0.25) is 14.5 Å². The lowest BCUT2D eigenvalue weighted by Crippen LogP contribution is -2.28. The normalized spacial score (nSPS) is 15.2. The van der Waals surface area contributed by atoms with Crippen molar-refractivity contribution in [3.05, 3.63) is 61.9 Å². The highest BCUT2D eigenvalue weighted by atomic mass is 79.9. The van der Waals surface area contributed by atoms with Crippen molar-refractivity contribution in [2.24, 2.45) is 0 Å². The number of hydrogen-bond acceptors (Lipinski definition) is 5. The highest BCUT2D eigenvalue weighted by Crippen LogP contribution is 2.39. The van der Waals surface area contributed by atoms with Crippen molar-refractivity contribution in [2.75, 3.05) is 13.2 Å². The monoisotopic (exact) mass is 509 g/mol. The van der Waals surface area contributed by atoms with E-state index in [4.69, 9.17) is 21.1 Å². The van der Waals surface area contributed by atoms with E-state index < -0.39 is 0 Å². The smallest absolute Gasteiger partial charge is 0.293 e. The van der Waals surface area contributed by atoms with E-state index in [1.54, 1.807) is 18.2 Å². The number of ether oxygens (including phenoxy) is 2. The maximum Gasteiger partial charge on any atom is 0.293 e. The van der Waals surface area contributed by atoms with Gasteiger partial charge in [0.2, 0.25) is 0 Å². The molecule has 0 atom stereocenters. The Hall–Kier alpha value is -1.96. The number of halogens is 2. The van der Waals surface area contributed by atoms with Crippen molar-refractivity contribution >= 4 is 56.5 Å². The molecule has 0 unspecified atom stereocenters. The molecule has 0 bridgehead atoms. The van der Waals surface area contributed by atoms with E-state index in [0.717, 1.165) is 28.2 Å². The summed E-state index contributed by atoms with van der Waals surface area (Å²) in [6.07, 6.45) is 2.38. The topological polar surface area (TPSA) is 55.8 Å². The molecule has 2 aromatic rings. The van der Waals surface area contributed by atoms with Crippen LogP contribution in [0.15, 0.2) is 45.8 Å². The second kappa shape index (κ2) is 10.4. The quantitative estimate of drug-likeness (QED) is 0.378. The molecule has 8 heteroatoms. The van der Waals surface area contributed by atoms with Crippen molar-refractivity contribution < 1.29 is 19.1 Å². The van der Waals surface area contributed by atoms with Gasteiger partial charge in [-0.25, -0.2) is 0 Å². The minimum atomic E-state index is -0.281. The van der Waals surface area contributed by atoms with Crippen molar-refractivity contribution in [1.29, 1.82) is 0 Å². The Bertz CT molecular complexity index is 978. The summed E-state index contributed by atoms with van der Waals surface area (Å²) in [5, 5.41) is 0.121. The Kier molecular flexibility index (Phi) is 7.86. The zero-order valence-corrected chi connectivity index (χ0v) is 19.8. The number of amides is 2. The second-order valence-corrected chi connectivity index (χ2v) is 8.83. The Labute approximate surface area is 193 Å². The maximum absolute atomic E-state index is 12.5. The van der Waals surface area contributed by atoms with Crippen LogP contribution >= 0.6 is 39.3 Å². The highest BCUT2D eigenvalue weighted by Gasteiger charge is 2.34. The van der Waals surface area contributed by atoms with E-state index >= 15 is 0 Å². The van der Waals surface area contributed by atoms with Crippen LogP contribution in [-0.2, 0) is 11.4 Å². The second-order valence-electron chi connectivity index (χ2n) is 6.51. The third kappa shape index (κ3) is 5.39. The van der Waals surface area contributed by atoms with Gasteiger partial charge < -0.3 is 9.47 Å². The minimum Gasteiger partial charge on any atom is -0.490 e. The standard InChI is InChI=1S/C22H21BrClNO4S/c1-3-9-25-21(26)19(30-22(25)27)12-15-10-17(24)20(18(11-15)28-4-2)29-13-14-5-7-16(23)8-6-14/h5-8,10-12H,3-4,9,13H2,1-2H3/b19-12+. The van der Waals surface area contributed by atoms with E-state index in [0.29, 0.717) is 46.7 Å². The summed E-state index contributed by atoms with van der Waals surface area (Å²) in [4.78, 5) is 26.2. The third-order valence-corrected chi connectivity index (χ3v) is 5.96. The van der Waals surface area contributed by atoms with E-state index in [1.807, 2.05) is 38.1 Å². The molecule has 1 fully saturated rings. The summed E-state index contributed by atoms with van der Waals surface area (Å²) >= 11 is 10.8. The SMILES string of the molecule is CCCN1C(=O)S/C(=C/c2cc(Cl)c(OCc3ccc(Br)cc3)c(OCC)c2)C1=O. The number of rotatable bonds is 8. The Morgan fingerprint density at radius 3 is 2.53 bits per heavy atom. The van der Waals surface area contributed by atoms with Crippen LogP contribution in [-0.4, -0.2) is 29.2 Å². The summed E-state index contributed by atoms with van der Waals surface area (Å²) in [5.41, 5.74) is 1.66. The average molecular weight is 511 g/mol. The number of carbonyl (C=O) groups is 2. The first-order valence-electron chi connectivity index (χ1n) is 9.51. The van der Waals surface area contributed by atoms with E-state index in [9.17, 15) is 9.59 Å². The lowest BCUT2D eigenvalue weighted by molar-refractivity contribution is -0.122. The van der Waals surface area contributed by atoms with E-state index in [2.05, 4.69) is 15.9 Å². The van der Waals surface area contributed by atoms with Crippen LogP contribution in [0.4, 0.5) is 4.79 Å². The number of imide groups is 1. The molecule has 0 aromatic heterocycles. The number of nitrogens with zero attached hydrogens (tertiary/aromatic N) is 1. The first-order chi connectivity index (χ1) is 14.4. The molecule has 0 spiro atoms. The van der Waals surface area contributed by atoms with Crippen molar-refractivity contribution in [1.82, 2.24) is 4.90 Å². The van der Waals surface area contributed by atoms with Crippen molar-refractivity contribution in [2.45, 2.75) is 26.9 Å². The van der Waals surface area contributed by atoms with Crippen LogP contribution in [0, 0.1) is 0 Å². The van der Waals surface area contributed by atoms with Crippen LogP contribution in [0.3, 0.4) is 0 Å². The molecule has 0 N–H and O–H groups in total. The molecule has 1 aliphatic heterocycles. The Morgan fingerprint density at radius 1 is 1.13 bits per heavy atom. The zero-order chi connectivity index (χ0) is 21.7. The maximum atomic E-state index is 12.5. The molecule has 0 saturated carbocycles. The fourth-order valence-electron chi connectivity index (χ4n) is 2.88. The average Bonchev–Trinajstić information content (AvgIpc) is 2.97. The van der Waals surface area contributed by atoms with Crippen molar-refractivity contribution in [3.63, 3.8) is 0 Å². The van der Waals surface area contributed by atoms with Crippen LogP contribution in [0.1, 0.15) is 31.4 Å². The molecule has 0 radical (unpaired) electrons. The summed E-state index contributed by atoms with van der Waals surface area (Å²) < 4.78 is 12.6. The van der Waals surface area contributed by atoms with Gasteiger partial charge in [0.05, 0.1) is 16.5 Å². The zero-order valence-electron chi connectivity index (χ0n) is 16.6. The van der Waals surface area contributed by atoms with Crippen LogP contribution in [0.2, 0.25) is 5.02 Å². The molecule has 3 rings (SSSR count). The number of thioether (sulfide) groups is 1. The summed E-state index contributed by atoms with van der Waals surface area (Å²) in [7, 11) is 0. The number of carbonyl (C=O) groups excluding carboxylic acids is 2. The van der Waals surface area contributed by atoms with Gasteiger partial charge in [-0.05, 0) is 66.6 Å². The van der Waals surface area contributed by atoms with Gasteiger partial charge in [0, 0.05) is 11.0 Å². The predicted octanol–water partition coefficient (Wildman–Crippen LogP) is 6.53. The van der Waals surface area contributed by atoms with Gasteiger partial charge >= 0.3 is 0 Å². The Morgan fingerprint density at radius 2 is 1.87 bits per heavy atom. The van der Waals surface area contributed by atoms with Gasteiger partial charge in [0.15, 0.2) is 11.5 Å². The van der Waals surface area contributed by atoms with Gasteiger partial charge in [-0.1, -0.05) is 46.6 Å². The van der Waals surface area contributed by atoms with Crippen molar-refractivity contribution in [3.8, 4) is 11.5 Å². The molecule has 0 aliphatic carbocycles. The molecular formula is C22H21BrClNO4S. The molecule has 1 aliphatic rings.